The van der Waals surface area contributed by atoms with E-state index in [1.165, 1.54) is 6.07 Å². The third-order valence-corrected chi connectivity index (χ3v) is 2.50. The van der Waals surface area contributed by atoms with E-state index in [2.05, 4.69) is 15.6 Å². The van der Waals surface area contributed by atoms with Gasteiger partial charge in [0, 0.05) is 24.3 Å². The van der Waals surface area contributed by atoms with Gasteiger partial charge in [0.15, 0.2) is 0 Å². The number of halogens is 1. The van der Waals surface area contributed by atoms with Crippen molar-refractivity contribution in [2.75, 3.05) is 5.32 Å². The number of nitrogens with zero attached hydrogens (tertiary/aromatic N) is 4. The number of nitrogens with one attached hydrogen (secondary N) is 1. The molecule has 8 heteroatoms. The van der Waals surface area contributed by atoms with Crippen LogP contribution in [0.4, 0.5) is 11.4 Å². The minimum atomic E-state index is -0.481. The molecule has 0 saturated carbocycles. The fourth-order valence-electron chi connectivity index (χ4n) is 1.47. The molecule has 0 bridgehead atoms. The summed E-state index contributed by atoms with van der Waals surface area (Å²) < 4.78 is 1.56. The molecule has 0 aliphatic heterocycles. The molecule has 1 heterocycles. The number of aromatic nitrogens is 3. The number of rotatable bonds is 4. The molecule has 0 saturated heterocycles. The molecule has 2 aromatic rings. The van der Waals surface area contributed by atoms with Crippen molar-refractivity contribution in [2.45, 2.75) is 6.54 Å². The third-order valence-electron chi connectivity index (χ3n) is 2.27. The Hall–Kier alpha value is -2.15. The van der Waals surface area contributed by atoms with Gasteiger partial charge in [0.25, 0.3) is 5.69 Å². The van der Waals surface area contributed by atoms with Crippen molar-refractivity contribution in [3.63, 3.8) is 0 Å². The lowest BCUT2D eigenvalue weighted by atomic mass is 10.2. The maximum absolute atomic E-state index is 10.9. The molecule has 94 valence electrons. The summed E-state index contributed by atoms with van der Waals surface area (Å²) in [6.07, 6.45) is 1.73. The lowest BCUT2D eigenvalue weighted by molar-refractivity contribution is -0.383. The molecule has 2 rings (SSSR count). The monoisotopic (exact) mass is 267 g/mol. The second kappa shape index (κ2) is 5.01. The largest absolute Gasteiger partial charge is 0.374 e. The molecule has 0 radical (unpaired) electrons. The van der Waals surface area contributed by atoms with Crippen LogP contribution in [0.15, 0.2) is 24.4 Å². The van der Waals surface area contributed by atoms with Crippen molar-refractivity contribution in [3.05, 3.63) is 45.2 Å². The van der Waals surface area contributed by atoms with E-state index in [1.807, 2.05) is 0 Å². The number of hydrogen-bond acceptors (Lipinski definition) is 5. The quantitative estimate of drug-likeness (QED) is 0.676. The van der Waals surface area contributed by atoms with Crippen molar-refractivity contribution in [1.29, 1.82) is 0 Å². The van der Waals surface area contributed by atoms with Crippen LogP contribution in [0.2, 0.25) is 5.02 Å². The number of nitro groups is 1. The molecule has 0 unspecified atom stereocenters. The first kappa shape index (κ1) is 12.3. The molecule has 7 nitrogen and oxygen atoms in total. The number of aryl methyl sites for hydroxylation is 1. The minimum Gasteiger partial charge on any atom is -0.374 e. The smallest absolute Gasteiger partial charge is 0.293 e. The second-order valence-electron chi connectivity index (χ2n) is 3.66. The van der Waals surface area contributed by atoms with Crippen LogP contribution in [0, 0.1) is 10.1 Å². The lowest BCUT2D eigenvalue weighted by Gasteiger charge is -2.05. The topological polar surface area (TPSA) is 85.9 Å². The number of nitro benzene ring substituents is 1. The highest BCUT2D eigenvalue weighted by Crippen LogP contribution is 2.27. The van der Waals surface area contributed by atoms with Gasteiger partial charge in [-0.05, 0) is 12.1 Å². The molecule has 0 amide bonds. The standard InChI is InChI=1S/C10H10ClN5O2/c1-15-6-8(13-14-15)5-12-9-3-2-7(11)4-10(9)16(17)18/h2-4,6,12H,5H2,1H3. The first-order chi connectivity index (χ1) is 8.56. The van der Waals surface area contributed by atoms with E-state index in [-0.39, 0.29) is 5.69 Å². The van der Waals surface area contributed by atoms with Gasteiger partial charge in [0.05, 0.1) is 11.5 Å². The molecule has 1 N–H and O–H groups in total. The fourth-order valence-corrected chi connectivity index (χ4v) is 1.63. The molecule has 18 heavy (non-hydrogen) atoms. The van der Waals surface area contributed by atoms with Crippen LogP contribution < -0.4 is 5.32 Å². The van der Waals surface area contributed by atoms with Gasteiger partial charge in [-0.1, -0.05) is 16.8 Å². The fraction of sp³-hybridized carbons (Fsp3) is 0.200. The minimum absolute atomic E-state index is 0.0635. The van der Waals surface area contributed by atoms with Gasteiger partial charge in [-0.15, -0.1) is 5.10 Å². The second-order valence-corrected chi connectivity index (χ2v) is 4.09. The maximum Gasteiger partial charge on any atom is 0.293 e. The highest BCUT2D eigenvalue weighted by molar-refractivity contribution is 6.30. The Morgan fingerprint density at radius 1 is 1.56 bits per heavy atom. The van der Waals surface area contributed by atoms with Gasteiger partial charge in [-0.2, -0.15) is 0 Å². The molecule has 0 aliphatic carbocycles. The average molecular weight is 268 g/mol. The maximum atomic E-state index is 10.9. The van der Waals surface area contributed by atoms with Gasteiger partial charge in [0.1, 0.15) is 11.4 Å². The van der Waals surface area contributed by atoms with Crippen LogP contribution in [0.25, 0.3) is 0 Å². The van der Waals surface area contributed by atoms with Crippen molar-refractivity contribution < 1.29 is 4.92 Å². The van der Waals surface area contributed by atoms with E-state index >= 15 is 0 Å². The molecule has 0 spiro atoms. The number of anilines is 1. The molecule has 0 atom stereocenters. The third kappa shape index (κ3) is 2.75. The Balaban J connectivity index is 2.16. The molecular formula is C10H10ClN5O2. The van der Waals surface area contributed by atoms with Gasteiger partial charge in [0.2, 0.25) is 0 Å². The zero-order chi connectivity index (χ0) is 13.1. The number of hydrogen-bond donors (Lipinski definition) is 1. The van der Waals surface area contributed by atoms with Gasteiger partial charge >= 0.3 is 0 Å². The summed E-state index contributed by atoms with van der Waals surface area (Å²) in [5.41, 5.74) is 1.03. The normalized spacial score (nSPS) is 10.3. The van der Waals surface area contributed by atoms with E-state index in [0.717, 1.165) is 0 Å². The van der Waals surface area contributed by atoms with Gasteiger partial charge < -0.3 is 5.32 Å². The molecule has 1 aromatic carbocycles. The highest BCUT2D eigenvalue weighted by Gasteiger charge is 2.14. The average Bonchev–Trinajstić information content (AvgIpc) is 2.73. The van der Waals surface area contributed by atoms with Crippen molar-refractivity contribution in [3.8, 4) is 0 Å². The molecule has 0 aliphatic rings. The summed E-state index contributed by atoms with van der Waals surface area (Å²) >= 11 is 5.72. The summed E-state index contributed by atoms with van der Waals surface area (Å²) in [4.78, 5) is 10.4. The van der Waals surface area contributed by atoms with Crippen molar-refractivity contribution in [2.24, 2.45) is 7.05 Å². The van der Waals surface area contributed by atoms with Crippen LogP contribution in [-0.4, -0.2) is 19.9 Å². The predicted molar refractivity (Wildman–Crippen MR) is 66.4 cm³/mol. The Labute approximate surface area is 108 Å². The lowest BCUT2D eigenvalue weighted by Crippen LogP contribution is -2.03. The highest BCUT2D eigenvalue weighted by atomic mass is 35.5. The Bertz CT molecular complexity index is 583. The summed E-state index contributed by atoms with van der Waals surface area (Å²) in [6.45, 7) is 0.357. The predicted octanol–water partition coefficient (Wildman–Crippen LogP) is 1.99. The first-order valence-electron chi connectivity index (χ1n) is 5.09. The molecular weight excluding hydrogens is 258 g/mol. The van der Waals surface area contributed by atoms with Gasteiger partial charge in [-0.3, -0.25) is 14.8 Å². The van der Waals surface area contributed by atoms with Crippen LogP contribution >= 0.6 is 11.6 Å². The summed E-state index contributed by atoms with van der Waals surface area (Å²) in [7, 11) is 1.75. The zero-order valence-electron chi connectivity index (χ0n) is 9.50. The first-order valence-corrected chi connectivity index (χ1v) is 5.47. The van der Waals surface area contributed by atoms with Gasteiger partial charge in [-0.25, -0.2) is 0 Å². The van der Waals surface area contributed by atoms with Crippen molar-refractivity contribution in [1.82, 2.24) is 15.0 Å². The SMILES string of the molecule is Cn1cc(CNc2ccc(Cl)cc2[N+](=O)[O-])nn1. The van der Waals surface area contributed by atoms with Crippen LogP contribution in [0.3, 0.4) is 0 Å². The van der Waals surface area contributed by atoms with Crippen LogP contribution in [0.5, 0.6) is 0 Å². The van der Waals surface area contributed by atoms with Crippen LogP contribution in [0.1, 0.15) is 5.69 Å². The van der Waals surface area contributed by atoms with E-state index in [4.69, 9.17) is 11.6 Å². The Kier molecular flexibility index (Phi) is 3.42. The zero-order valence-corrected chi connectivity index (χ0v) is 10.3. The summed E-state index contributed by atoms with van der Waals surface area (Å²) in [5, 5.41) is 21.8. The van der Waals surface area contributed by atoms with E-state index in [9.17, 15) is 10.1 Å². The van der Waals surface area contributed by atoms with Crippen molar-refractivity contribution >= 4 is 23.0 Å². The number of benzene rings is 1. The van der Waals surface area contributed by atoms with Crippen LogP contribution in [-0.2, 0) is 13.6 Å². The summed E-state index contributed by atoms with van der Waals surface area (Å²) in [6, 6.07) is 4.46. The molecule has 1 aromatic heterocycles. The van der Waals surface area contributed by atoms with E-state index < -0.39 is 4.92 Å². The van der Waals surface area contributed by atoms with E-state index in [1.54, 1.807) is 30.1 Å². The molecule has 0 fully saturated rings. The van der Waals surface area contributed by atoms with E-state index in [0.29, 0.717) is 22.9 Å². The Morgan fingerprint density at radius 2 is 2.33 bits per heavy atom. The Morgan fingerprint density at radius 3 is 2.94 bits per heavy atom. The summed E-state index contributed by atoms with van der Waals surface area (Å²) in [5.74, 6) is 0.